The largest absolute Gasteiger partial charge is 0.399 e. The third-order valence-corrected chi connectivity index (χ3v) is 4.55. The predicted molar refractivity (Wildman–Crippen MR) is 91.7 cm³/mol. The van der Waals surface area contributed by atoms with E-state index in [-0.39, 0.29) is 11.8 Å². The Balaban J connectivity index is 1.59. The number of nitrogens with zero attached hydrogens (tertiary/aromatic N) is 4. The molecule has 3 heterocycles. The molecule has 122 valence electrons. The van der Waals surface area contributed by atoms with Crippen molar-refractivity contribution in [2.24, 2.45) is 0 Å². The van der Waals surface area contributed by atoms with Crippen LogP contribution in [0.15, 0.2) is 48.7 Å². The van der Waals surface area contributed by atoms with Gasteiger partial charge in [0.25, 0.3) is 5.91 Å². The summed E-state index contributed by atoms with van der Waals surface area (Å²) >= 11 is 0. The summed E-state index contributed by atoms with van der Waals surface area (Å²) in [5.41, 5.74) is 7.89. The van der Waals surface area contributed by atoms with Gasteiger partial charge in [0.1, 0.15) is 5.82 Å². The van der Waals surface area contributed by atoms with Crippen LogP contribution in [-0.4, -0.2) is 38.5 Å². The van der Waals surface area contributed by atoms with Crippen molar-refractivity contribution in [1.82, 2.24) is 19.5 Å². The molecule has 3 aromatic rings. The smallest absolute Gasteiger partial charge is 0.253 e. The monoisotopic (exact) mass is 321 g/mol. The number of nitrogen functional groups attached to an aromatic ring is 1. The van der Waals surface area contributed by atoms with Crippen molar-refractivity contribution >= 4 is 17.2 Å². The van der Waals surface area contributed by atoms with Gasteiger partial charge < -0.3 is 10.6 Å². The Morgan fingerprint density at radius 3 is 2.96 bits per heavy atom. The summed E-state index contributed by atoms with van der Waals surface area (Å²) < 4.78 is 2.01. The topological polar surface area (TPSA) is 76.5 Å². The summed E-state index contributed by atoms with van der Waals surface area (Å²) in [5, 5.41) is 8.58. The van der Waals surface area contributed by atoms with Crippen molar-refractivity contribution in [1.29, 1.82) is 0 Å². The lowest BCUT2D eigenvalue weighted by atomic mass is 9.96. The Kier molecular flexibility index (Phi) is 3.65. The number of carbonyl (C=O) groups is 1. The minimum atomic E-state index is 0.0285. The summed E-state index contributed by atoms with van der Waals surface area (Å²) in [4.78, 5) is 14.7. The first kappa shape index (κ1) is 14.7. The molecule has 1 atom stereocenters. The van der Waals surface area contributed by atoms with Gasteiger partial charge in [0.05, 0.1) is 0 Å². The normalized spacial score (nSPS) is 18.0. The Morgan fingerprint density at radius 1 is 1.17 bits per heavy atom. The van der Waals surface area contributed by atoms with Gasteiger partial charge in [0.2, 0.25) is 0 Å². The minimum absolute atomic E-state index is 0.0285. The summed E-state index contributed by atoms with van der Waals surface area (Å²) in [6.45, 7) is 1.42. The maximum absolute atomic E-state index is 12.8. The number of amides is 1. The molecule has 1 unspecified atom stereocenters. The number of carbonyl (C=O) groups excluding carboxylic acids is 1. The van der Waals surface area contributed by atoms with E-state index in [1.54, 1.807) is 12.1 Å². The highest BCUT2D eigenvalue weighted by Crippen LogP contribution is 2.27. The molecule has 0 aliphatic carbocycles. The third-order valence-electron chi connectivity index (χ3n) is 4.55. The summed E-state index contributed by atoms with van der Waals surface area (Å²) in [7, 11) is 0. The molecule has 2 aromatic heterocycles. The van der Waals surface area contributed by atoms with Crippen molar-refractivity contribution in [3.8, 4) is 0 Å². The van der Waals surface area contributed by atoms with E-state index >= 15 is 0 Å². The van der Waals surface area contributed by atoms with Crippen molar-refractivity contribution in [2.45, 2.75) is 18.8 Å². The molecule has 1 fully saturated rings. The van der Waals surface area contributed by atoms with E-state index in [4.69, 9.17) is 5.73 Å². The Bertz CT molecular complexity index is 888. The predicted octanol–water partition coefficient (Wildman–Crippen LogP) is 2.33. The highest BCUT2D eigenvalue weighted by molar-refractivity contribution is 5.95. The molecule has 2 N–H and O–H groups in total. The lowest BCUT2D eigenvalue weighted by molar-refractivity contribution is 0.0704. The zero-order valence-corrected chi connectivity index (χ0v) is 13.3. The number of nitrogens with two attached hydrogens (primary N) is 1. The van der Waals surface area contributed by atoms with Crippen LogP contribution < -0.4 is 5.73 Å². The molecule has 0 radical (unpaired) electrons. The highest BCUT2D eigenvalue weighted by atomic mass is 16.2. The molecule has 0 bridgehead atoms. The maximum atomic E-state index is 12.8. The molecule has 1 aromatic carbocycles. The van der Waals surface area contributed by atoms with E-state index < -0.39 is 0 Å². The third kappa shape index (κ3) is 2.60. The van der Waals surface area contributed by atoms with E-state index in [0.29, 0.717) is 17.8 Å². The van der Waals surface area contributed by atoms with Crippen LogP contribution in [0, 0.1) is 0 Å². The van der Waals surface area contributed by atoms with Crippen LogP contribution >= 0.6 is 0 Å². The fraction of sp³-hybridized carbons (Fsp3) is 0.278. The molecule has 6 nitrogen and oxygen atoms in total. The molecule has 1 aliphatic heterocycles. The van der Waals surface area contributed by atoms with Gasteiger partial charge >= 0.3 is 0 Å². The lowest BCUT2D eigenvalue weighted by Gasteiger charge is -2.32. The van der Waals surface area contributed by atoms with Crippen molar-refractivity contribution in [3.63, 3.8) is 0 Å². The molecule has 24 heavy (non-hydrogen) atoms. The van der Waals surface area contributed by atoms with E-state index in [1.807, 2.05) is 45.8 Å². The molecule has 0 spiro atoms. The Labute approximate surface area is 139 Å². The molecule has 1 aliphatic rings. The lowest BCUT2D eigenvalue weighted by Crippen LogP contribution is -2.39. The van der Waals surface area contributed by atoms with Crippen molar-refractivity contribution in [3.05, 3.63) is 60.0 Å². The zero-order chi connectivity index (χ0) is 16.5. The fourth-order valence-electron chi connectivity index (χ4n) is 3.36. The number of piperidine rings is 1. The number of pyridine rings is 1. The Hall–Kier alpha value is -2.89. The van der Waals surface area contributed by atoms with Gasteiger partial charge in [-0.25, -0.2) is 0 Å². The van der Waals surface area contributed by atoms with E-state index in [0.717, 1.165) is 30.9 Å². The molecular formula is C18H19N5O. The van der Waals surface area contributed by atoms with Gasteiger partial charge in [-0.3, -0.25) is 9.20 Å². The fourth-order valence-corrected chi connectivity index (χ4v) is 3.36. The van der Waals surface area contributed by atoms with Crippen molar-refractivity contribution < 1.29 is 4.79 Å². The number of rotatable bonds is 2. The number of hydrogen-bond acceptors (Lipinski definition) is 4. The number of likely N-dealkylation sites (tertiary alicyclic amines) is 1. The van der Waals surface area contributed by atoms with Gasteiger partial charge in [-0.1, -0.05) is 12.1 Å². The first-order valence-electron chi connectivity index (χ1n) is 8.17. The number of aromatic nitrogens is 3. The summed E-state index contributed by atoms with van der Waals surface area (Å²) in [6.07, 6.45) is 3.94. The first-order valence-corrected chi connectivity index (χ1v) is 8.17. The van der Waals surface area contributed by atoms with Crippen LogP contribution in [0.4, 0.5) is 5.69 Å². The average molecular weight is 321 g/mol. The SMILES string of the molecule is Nc1cccc(C(=O)N2CCCC(c3nnc4ccccn34)C2)c1. The maximum Gasteiger partial charge on any atom is 0.253 e. The minimum Gasteiger partial charge on any atom is -0.399 e. The van der Waals surface area contributed by atoms with Gasteiger partial charge in [-0.15, -0.1) is 10.2 Å². The van der Waals surface area contributed by atoms with Crippen LogP contribution in [0.1, 0.15) is 34.9 Å². The second-order valence-electron chi connectivity index (χ2n) is 6.20. The number of fused-ring (bicyclic) bond motifs is 1. The standard InChI is InChI=1S/C18H19N5O/c19-15-7-3-5-13(11-15)18(24)22-9-4-6-14(12-22)17-21-20-16-8-1-2-10-23(16)17/h1-3,5,7-8,10-11,14H,4,6,9,12,19H2. The van der Waals surface area contributed by atoms with Crippen molar-refractivity contribution in [2.75, 3.05) is 18.8 Å². The van der Waals surface area contributed by atoms with E-state index in [1.165, 1.54) is 0 Å². The molecule has 1 amide bonds. The quantitative estimate of drug-likeness (QED) is 0.735. The van der Waals surface area contributed by atoms with Gasteiger partial charge in [0.15, 0.2) is 5.65 Å². The molecular weight excluding hydrogens is 302 g/mol. The van der Waals surface area contributed by atoms with Gasteiger partial charge in [-0.05, 0) is 43.2 Å². The van der Waals surface area contributed by atoms with E-state index in [9.17, 15) is 4.79 Å². The molecule has 0 saturated carbocycles. The van der Waals surface area contributed by atoms with Gasteiger partial charge in [-0.2, -0.15) is 0 Å². The number of hydrogen-bond donors (Lipinski definition) is 1. The van der Waals surface area contributed by atoms with Gasteiger partial charge in [0, 0.05) is 36.5 Å². The van der Waals surface area contributed by atoms with E-state index in [2.05, 4.69) is 10.2 Å². The van der Waals surface area contributed by atoms with Crippen LogP contribution in [0.2, 0.25) is 0 Å². The molecule has 4 rings (SSSR count). The average Bonchev–Trinajstić information content (AvgIpc) is 3.05. The highest BCUT2D eigenvalue weighted by Gasteiger charge is 2.28. The second-order valence-corrected chi connectivity index (χ2v) is 6.20. The number of benzene rings is 1. The van der Waals surface area contributed by atoms with Crippen LogP contribution in [-0.2, 0) is 0 Å². The zero-order valence-electron chi connectivity index (χ0n) is 13.3. The second kappa shape index (κ2) is 5.96. The molecule has 1 saturated heterocycles. The van der Waals surface area contributed by atoms with Crippen LogP contribution in [0.3, 0.4) is 0 Å². The first-order chi connectivity index (χ1) is 11.7. The summed E-state index contributed by atoms with van der Waals surface area (Å²) in [6, 6.07) is 13.0. The van der Waals surface area contributed by atoms with Crippen LogP contribution in [0.25, 0.3) is 5.65 Å². The number of anilines is 1. The molecule has 6 heteroatoms. The Morgan fingerprint density at radius 2 is 2.08 bits per heavy atom. The summed E-state index contributed by atoms with van der Waals surface area (Å²) in [5.74, 6) is 1.15. The van der Waals surface area contributed by atoms with Crippen LogP contribution in [0.5, 0.6) is 0 Å².